The van der Waals surface area contributed by atoms with Gasteiger partial charge in [-0.15, -0.1) is 0 Å². The first-order valence-electron chi connectivity index (χ1n) is 2.43. The van der Waals surface area contributed by atoms with Gasteiger partial charge in [0.15, 0.2) is 0 Å². The van der Waals surface area contributed by atoms with Crippen molar-refractivity contribution in [2.45, 2.75) is 5.12 Å². The molecule has 0 unspecified atom stereocenters. The van der Waals surface area contributed by atoms with Crippen molar-refractivity contribution in [1.29, 1.82) is 0 Å². The Bertz CT molecular complexity index is 225. The molecule has 0 radical (unpaired) electrons. The summed E-state index contributed by atoms with van der Waals surface area (Å²) in [5.41, 5.74) is 0. The standard InChI is InChI=1S/C3H3ClN2O6/c1-12-2(7)3(4,5(8)9)6(10)11/h1H3. The number of nitrogens with zero attached hydrogens (tertiary/aromatic N) is 2. The van der Waals surface area contributed by atoms with E-state index in [1.165, 1.54) is 0 Å². The Morgan fingerprint density at radius 3 is 1.83 bits per heavy atom. The molecule has 8 nitrogen and oxygen atoms in total. The smallest absolute Gasteiger partial charge is 0.457 e. The van der Waals surface area contributed by atoms with Crippen molar-refractivity contribution >= 4 is 17.6 Å². The minimum absolute atomic E-state index is 0.756. The molecule has 0 heterocycles. The summed E-state index contributed by atoms with van der Waals surface area (Å²) in [5.74, 6) is -1.74. The largest absolute Gasteiger partial charge is 0.634 e. The lowest BCUT2D eigenvalue weighted by Crippen LogP contribution is -2.48. The molecule has 0 rings (SSSR count). The van der Waals surface area contributed by atoms with Gasteiger partial charge in [0.05, 0.1) is 18.7 Å². The van der Waals surface area contributed by atoms with E-state index in [2.05, 4.69) is 4.74 Å². The highest BCUT2D eigenvalue weighted by Crippen LogP contribution is 2.18. The monoisotopic (exact) mass is 198 g/mol. The van der Waals surface area contributed by atoms with Crippen LogP contribution in [0.4, 0.5) is 0 Å². The van der Waals surface area contributed by atoms with Crippen LogP contribution in [0.3, 0.4) is 0 Å². The van der Waals surface area contributed by atoms with Crippen LogP contribution >= 0.6 is 11.6 Å². The molecule has 0 aromatic carbocycles. The van der Waals surface area contributed by atoms with E-state index >= 15 is 0 Å². The summed E-state index contributed by atoms with van der Waals surface area (Å²) >= 11 is 4.79. The van der Waals surface area contributed by atoms with Crippen LogP contribution in [0.1, 0.15) is 0 Å². The van der Waals surface area contributed by atoms with Crippen molar-refractivity contribution in [2.24, 2.45) is 0 Å². The second-order valence-corrected chi connectivity index (χ2v) is 2.12. The normalized spacial score (nSPS) is 10.5. The molecule has 0 atom stereocenters. The molecule has 0 aromatic rings. The highest BCUT2D eigenvalue weighted by molar-refractivity contribution is 6.30. The molecule has 0 bridgehead atoms. The molecule has 0 aliphatic rings. The maximum Gasteiger partial charge on any atom is 0.634 e. The third kappa shape index (κ3) is 1.42. The van der Waals surface area contributed by atoms with Gasteiger partial charge in [0.1, 0.15) is 9.85 Å². The van der Waals surface area contributed by atoms with Crippen molar-refractivity contribution in [2.75, 3.05) is 7.11 Å². The van der Waals surface area contributed by atoms with Crippen molar-refractivity contribution < 1.29 is 19.4 Å². The molecular formula is C3H3ClN2O6. The van der Waals surface area contributed by atoms with E-state index in [1.54, 1.807) is 0 Å². The van der Waals surface area contributed by atoms with Gasteiger partial charge < -0.3 is 4.74 Å². The predicted octanol–water partition coefficient (Wildman–Crippen LogP) is -0.395. The summed E-state index contributed by atoms with van der Waals surface area (Å²) in [6, 6.07) is 0. The van der Waals surface area contributed by atoms with E-state index in [0.29, 0.717) is 0 Å². The average Bonchev–Trinajstić information content (AvgIpc) is 2.00. The lowest BCUT2D eigenvalue weighted by atomic mass is 10.5. The van der Waals surface area contributed by atoms with E-state index in [4.69, 9.17) is 11.6 Å². The van der Waals surface area contributed by atoms with Crippen molar-refractivity contribution in [3.63, 3.8) is 0 Å². The van der Waals surface area contributed by atoms with Gasteiger partial charge in [-0.25, -0.2) is 4.79 Å². The lowest BCUT2D eigenvalue weighted by molar-refractivity contribution is -0.748. The van der Waals surface area contributed by atoms with E-state index in [9.17, 15) is 25.0 Å². The minimum atomic E-state index is -3.44. The first-order chi connectivity index (χ1) is 5.37. The number of halogens is 1. The van der Waals surface area contributed by atoms with Gasteiger partial charge in [0.2, 0.25) is 0 Å². The van der Waals surface area contributed by atoms with Crippen LogP contribution in [-0.4, -0.2) is 28.0 Å². The number of rotatable bonds is 3. The van der Waals surface area contributed by atoms with E-state index < -0.39 is 20.9 Å². The molecule has 0 spiro atoms. The van der Waals surface area contributed by atoms with Crippen LogP contribution in [-0.2, 0) is 9.53 Å². The second kappa shape index (κ2) is 3.30. The van der Waals surface area contributed by atoms with E-state index in [1.807, 2.05) is 0 Å². The summed E-state index contributed by atoms with van der Waals surface area (Å²) in [4.78, 5) is 27.4. The summed E-state index contributed by atoms with van der Waals surface area (Å²) in [6.07, 6.45) is 0. The van der Waals surface area contributed by atoms with Gasteiger partial charge >= 0.3 is 11.1 Å². The van der Waals surface area contributed by atoms with Gasteiger partial charge in [-0.3, -0.25) is 20.2 Å². The predicted molar refractivity (Wildman–Crippen MR) is 34.6 cm³/mol. The summed E-state index contributed by atoms with van der Waals surface area (Å²) < 4.78 is 3.78. The van der Waals surface area contributed by atoms with E-state index in [0.717, 1.165) is 7.11 Å². The van der Waals surface area contributed by atoms with Crippen LogP contribution in [0.15, 0.2) is 0 Å². The highest BCUT2D eigenvalue weighted by Gasteiger charge is 2.65. The van der Waals surface area contributed by atoms with Gasteiger partial charge in [0, 0.05) is 0 Å². The zero-order valence-corrected chi connectivity index (χ0v) is 6.48. The second-order valence-electron chi connectivity index (χ2n) is 1.59. The van der Waals surface area contributed by atoms with Crippen molar-refractivity contribution in [3.8, 4) is 0 Å². The number of alkyl halides is 1. The molecule has 0 saturated carbocycles. The fraction of sp³-hybridized carbons (Fsp3) is 0.667. The minimum Gasteiger partial charge on any atom is -0.457 e. The Balaban J connectivity index is 5.01. The maximum absolute atomic E-state index is 10.5. The van der Waals surface area contributed by atoms with Gasteiger partial charge in [-0.2, -0.15) is 0 Å². The van der Waals surface area contributed by atoms with Gasteiger partial charge in [-0.05, 0) is 0 Å². The molecule has 0 saturated heterocycles. The van der Waals surface area contributed by atoms with Crippen LogP contribution < -0.4 is 0 Å². The lowest BCUT2D eigenvalue weighted by Gasteiger charge is -2.05. The molecular weight excluding hydrogens is 195 g/mol. The van der Waals surface area contributed by atoms with Crippen LogP contribution in [0.5, 0.6) is 0 Å². The Labute approximate surface area is 70.4 Å². The fourth-order valence-corrected chi connectivity index (χ4v) is 0.423. The molecule has 0 aliphatic heterocycles. The maximum atomic E-state index is 10.5. The first kappa shape index (κ1) is 10.6. The van der Waals surface area contributed by atoms with Crippen molar-refractivity contribution in [3.05, 3.63) is 20.2 Å². The summed E-state index contributed by atoms with van der Waals surface area (Å²) in [6.45, 7) is 0. The zero-order valence-electron chi connectivity index (χ0n) is 5.72. The van der Waals surface area contributed by atoms with Crippen LogP contribution in [0, 0.1) is 20.2 Å². The molecule has 0 aliphatic carbocycles. The number of esters is 1. The molecule has 0 aromatic heterocycles. The van der Waals surface area contributed by atoms with Crippen molar-refractivity contribution in [1.82, 2.24) is 0 Å². The van der Waals surface area contributed by atoms with Crippen LogP contribution in [0.2, 0.25) is 0 Å². The SMILES string of the molecule is COC(=O)C(Cl)([N+](=O)[O-])[N+](=O)[O-]. The van der Waals surface area contributed by atoms with Gasteiger partial charge in [-0.1, -0.05) is 0 Å². The molecule has 0 fully saturated rings. The van der Waals surface area contributed by atoms with E-state index in [-0.39, 0.29) is 0 Å². The summed E-state index contributed by atoms with van der Waals surface area (Å²) in [5, 5.41) is 16.6. The van der Waals surface area contributed by atoms with Gasteiger partial charge in [0.25, 0.3) is 0 Å². The first-order valence-corrected chi connectivity index (χ1v) is 2.81. The number of carbonyl (C=O) groups excluding carboxylic acids is 1. The number of methoxy groups -OCH3 is 1. The summed E-state index contributed by atoms with van der Waals surface area (Å²) in [7, 11) is 0.756. The molecule has 0 N–H and O–H groups in total. The average molecular weight is 199 g/mol. The fourth-order valence-electron chi connectivity index (χ4n) is 0.346. The Kier molecular flexibility index (Phi) is 2.91. The molecule has 68 valence electrons. The number of hydrogen-bond donors (Lipinski definition) is 0. The molecule has 12 heavy (non-hydrogen) atoms. The Morgan fingerprint density at radius 2 is 1.75 bits per heavy atom. The number of hydrogen-bond acceptors (Lipinski definition) is 6. The molecule has 9 heteroatoms. The topological polar surface area (TPSA) is 113 Å². The Morgan fingerprint density at radius 1 is 1.42 bits per heavy atom. The number of nitro groups is 2. The third-order valence-corrected chi connectivity index (χ3v) is 1.36. The number of ether oxygens (including phenoxy) is 1. The molecule has 0 amide bonds. The van der Waals surface area contributed by atoms with Crippen LogP contribution in [0.25, 0.3) is 0 Å². The Hall–Kier alpha value is -1.44. The zero-order chi connectivity index (χ0) is 9.94. The quantitative estimate of drug-likeness (QED) is 0.152. The number of carbonyl (C=O) groups is 1. The third-order valence-electron chi connectivity index (χ3n) is 0.929. The highest BCUT2D eigenvalue weighted by atomic mass is 35.5.